The number of rotatable bonds is 6. The van der Waals surface area contributed by atoms with Gasteiger partial charge in [-0.1, -0.05) is 12.2 Å². The molecule has 2 heterocycles. The zero-order valence-corrected chi connectivity index (χ0v) is 13.6. The first-order chi connectivity index (χ1) is 9.90. The number of pyridine rings is 1. The van der Waals surface area contributed by atoms with Gasteiger partial charge in [-0.05, 0) is 45.0 Å². The van der Waals surface area contributed by atoms with E-state index in [4.69, 9.17) is 18.0 Å². The van der Waals surface area contributed by atoms with Crippen LogP contribution in [0.3, 0.4) is 0 Å². The highest BCUT2D eigenvalue weighted by atomic mass is 32.2. The first-order valence-electron chi connectivity index (χ1n) is 6.90. The molecule has 2 rings (SSSR count). The van der Waals surface area contributed by atoms with Crippen LogP contribution in [0.25, 0.3) is 0 Å². The van der Waals surface area contributed by atoms with Crippen molar-refractivity contribution >= 4 is 27.2 Å². The summed E-state index contributed by atoms with van der Waals surface area (Å²) in [5.41, 5.74) is 5.85. The number of nitrogens with two attached hydrogens (primary N) is 1. The summed E-state index contributed by atoms with van der Waals surface area (Å²) in [4.78, 5) is 6.51. The lowest BCUT2D eigenvalue weighted by Gasteiger charge is -2.23. The maximum absolute atomic E-state index is 12.2. The Morgan fingerprint density at radius 1 is 1.48 bits per heavy atom. The lowest BCUT2D eigenvalue weighted by atomic mass is 10.3. The monoisotopic (exact) mass is 328 g/mol. The van der Waals surface area contributed by atoms with Crippen molar-refractivity contribution < 1.29 is 8.42 Å². The number of nitrogens with one attached hydrogen (secondary N) is 1. The van der Waals surface area contributed by atoms with E-state index in [2.05, 4.69) is 14.6 Å². The second-order valence-electron chi connectivity index (χ2n) is 5.19. The van der Waals surface area contributed by atoms with E-state index in [0.29, 0.717) is 12.2 Å². The molecule has 3 N–H and O–H groups in total. The molecule has 0 aromatic carbocycles. The van der Waals surface area contributed by atoms with E-state index in [1.165, 1.54) is 31.2 Å². The van der Waals surface area contributed by atoms with Crippen LogP contribution in [-0.2, 0) is 10.0 Å². The van der Waals surface area contributed by atoms with Gasteiger partial charge in [-0.2, -0.15) is 0 Å². The lowest BCUT2D eigenvalue weighted by molar-refractivity contribution is 0.260. The molecule has 0 aliphatic carbocycles. The van der Waals surface area contributed by atoms with Crippen LogP contribution in [0, 0.1) is 0 Å². The first-order valence-corrected chi connectivity index (χ1v) is 8.79. The van der Waals surface area contributed by atoms with Gasteiger partial charge >= 0.3 is 0 Å². The van der Waals surface area contributed by atoms with Crippen molar-refractivity contribution in [2.75, 3.05) is 19.6 Å². The van der Waals surface area contributed by atoms with Gasteiger partial charge in [0.05, 0.1) is 5.69 Å². The van der Waals surface area contributed by atoms with E-state index in [9.17, 15) is 8.42 Å². The smallest absolute Gasteiger partial charge is 0.242 e. The Kier molecular flexibility index (Phi) is 5.26. The summed E-state index contributed by atoms with van der Waals surface area (Å²) in [5.74, 6) is 0. The first kappa shape index (κ1) is 16.3. The summed E-state index contributed by atoms with van der Waals surface area (Å²) >= 11 is 4.79. The van der Waals surface area contributed by atoms with Crippen molar-refractivity contribution in [3.8, 4) is 0 Å². The standard InChI is InChI=1S/C13H20N4O2S2/c1-10(17-6-2-3-7-17)8-16-21(18,19)11-4-5-12(13(14)20)15-9-11/h4-5,9-10,16H,2-3,6-8H2,1H3,(H2,14,20). The second-order valence-corrected chi connectivity index (χ2v) is 7.39. The van der Waals surface area contributed by atoms with Gasteiger partial charge in [0.25, 0.3) is 0 Å². The second kappa shape index (κ2) is 6.78. The molecule has 0 bridgehead atoms. The van der Waals surface area contributed by atoms with Crippen LogP contribution >= 0.6 is 12.2 Å². The molecule has 8 heteroatoms. The Morgan fingerprint density at radius 2 is 2.14 bits per heavy atom. The molecule has 1 atom stereocenters. The third-order valence-electron chi connectivity index (χ3n) is 3.63. The Bertz CT molecular complexity index is 595. The Hall–Kier alpha value is -1.09. The minimum atomic E-state index is -3.55. The van der Waals surface area contributed by atoms with Crippen LogP contribution in [0.5, 0.6) is 0 Å². The molecule has 0 spiro atoms. The van der Waals surface area contributed by atoms with Crippen molar-refractivity contribution in [2.45, 2.75) is 30.7 Å². The maximum Gasteiger partial charge on any atom is 0.242 e. The summed E-state index contributed by atoms with van der Waals surface area (Å²) in [6.45, 7) is 4.49. The molecule has 0 saturated carbocycles. The zero-order valence-electron chi connectivity index (χ0n) is 11.9. The van der Waals surface area contributed by atoms with E-state index >= 15 is 0 Å². The highest BCUT2D eigenvalue weighted by Crippen LogP contribution is 2.12. The molecule has 1 saturated heterocycles. The van der Waals surface area contributed by atoms with Gasteiger partial charge in [0.15, 0.2) is 0 Å². The van der Waals surface area contributed by atoms with Crippen LogP contribution in [-0.4, -0.2) is 49.0 Å². The highest BCUT2D eigenvalue weighted by Gasteiger charge is 2.21. The molecule has 21 heavy (non-hydrogen) atoms. The Morgan fingerprint density at radius 3 is 2.67 bits per heavy atom. The molecular formula is C13H20N4O2S2. The van der Waals surface area contributed by atoms with Gasteiger partial charge < -0.3 is 5.73 Å². The summed E-state index contributed by atoms with van der Waals surface area (Å²) in [6, 6.07) is 3.16. The van der Waals surface area contributed by atoms with Crippen molar-refractivity contribution in [1.29, 1.82) is 0 Å². The van der Waals surface area contributed by atoms with Crippen molar-refractivity contribution in [1.82, 2.24) is 14.6 Å². The minimum absolute atomic E-state index is 0.121. The minimum Gasteiger partial charge on any atom is -0.388 e. The number of sulfonamides is 1. The Balaban J connectivity index is 1.99. The number of hydrogen-bond acceptors (Lipinski definition) is 5. The summed E-state index contributed by atoms with van der Waals surface area (Å²) in [6.07, 6.45) is 3.64. The third-order valence-corrected chi connectivity index (χ3v) is 5.25. The number of nitrogens with zero attached hydrogens (tertiary/aromatic N) is 2. The fraction of sp³-hybridized carbons (Fsp3) is 0.538. The zero-order chi connectivity index (χ0) is 15.5. The van der Waals surface area contributed by atoms with Crippen molar-refractivity contribution in [2.24, 2.45) is 5.73 Å². The average Bonchev–Trinajstić information content (AvgIpc) is 2.99. The normalized spacial score (nSPS) is 17.8. The molecule has 0 amide bonds. The molecule has 0 radical (unpaired) electrons. The molecule has 6 nitrogen and oxygen atoms in total. The molecule has 1 aliphatic rings. The number of thiocarbonyl (C=S) groups is 1. The predicted octanol–water partition coefficient (Wildman–Crippen LogP) is 0.478. The van der Waals surface area contributed by atoms with Gasteiger partial charge in [0.1, 0.15) is 9.88 Å². The largest absolute Gasteiger partial charge is 0.388 e. The highest BCUT2D eigenvalue weighted by molar-refractivity contribution is 7.89. The van der Waals surface area contributed by atoms with Crippen LogP contribution in [0.15, 0.2) is 23.2 Å². The molecule has 1 fully saturated rings. The number of aromatic nitrogens is 1. The maximum atomic E-state index is 12.2. The van der Waals surface area contributed by atoms with E-state index in [-0.39, 0.29) is 15.9 Å². The van der Waals surface area contributed by atoms with E-state index < -0.39 is 10.0 Å². The Labute approximate surface area is 130 Å². The molecule has 116 valence electrons. The fourth-order valence-electron chi connectivity index (χ4n) is 2.31. The van der Waals surface area contributed by atoms with Crippen LogP contribution in [0.1, 0.15) is 25.5 Å². The average molecular weight is 328 g/mol. The number of hydrogen-bond donors (Lipinski definition) is 2. The van der Waals surface area contributed by atoms with Crippen molar-refractivity contribution in [3.05, 3.63) is 24.0 Å². The van der Waals surface area contributed by atoms with E-state index in [0.717, 1.165) is 13.1 Å². The lowest BCUT2D eigenvalue weighted by Crippen LogP contribution is -2.40. The molecular weight excluding hydrogens is 308 g/mol. The fourth-order valence-corrected chi connectivity index (χ4v) is 3.50. The summed E-state index contributed by atoms with van der Waals surface area (Å²) in [5, 5.41) is 0. The van der Waals surface area contributed by atoms with Gasteiger partial charge in [0, 0.05) is 18.8 Å². The summed E-state index contributed by atoms with van der Waals surface area (Å²) in [7, 11) is -3.55. The van der Waals surface area contributed by atoms with E-state index in [1.54, 1.807) is 0 Å². The molecule has 1 unspecified atom stereocenters. The van der Waals surface area contributed by atoms with Gasteiger partial charge in [-0.25, -0.2) is 13.1 Å². The predicted molar refractivity (Wildman–Crippen MR) is 85.6 cm³/mol. The topological polar surface area (TPSA) is 88.3 Å². The van der Waals surface area contributed by atoms with Crippen molar-refractivity contribution in [3.63, 3.8) is 0 Å². The van der Waals surface area contributed by atoms with E-state index in [1.807, 2.05) is 6.92 Å². The molecule has 1 aliphatic heterocycles. The molecule has 1 aromatic rings. The summed E-state index contributed by atoms with van der Waals surface area (Å²) < 4.78 is 27.0. The molecule has 1 aromatic heterocycles. The van der Waals surface area contributed by atoms with Crippen LogP contribution in [0.4, 0.5) is 0 Å². The van der Waals surface area contributed by atoms with Gasteiger partial charge in [-0.15, -0.1) is 0 Å². The van der Waals surface area contributed by atoms with Crippen LogP contribution in [0.2, 0.25) is 0 Å². The SMILES string of the molecule is CC(CNS(=O)(=O)c1ccc(C(N)=S)nc1)N1CCCC1. The number of likely N-dealkylation sites (tertiary alicyclic amines) is 1. The third kappa shape index (κ3) is 4.19. The quantitative estimate of drug-likeness (QED) is 0.739. The van der Waals surface area contributed by atoms with Gasteiger partial charge in [-0.3, -0.25) is 9.88 Å². The van der Waals surface area contributed by atoms with Gasteiger partial charge in [0.2, 0.25) is 10.0 Å². The van der Waals surface area contributed by atoms with Crippen LogP contribution < -0.4 is 10.5 Å².